The van der Waals surface area contributed by atoms with E-state index < -0.39 is 0 Å². The van der Waals surface area contributed by atoms with Crippen molar-refractivity contribution in [1.82, 2.24) is 0 Å². The Morgan fingerprint density at radius 2 is 1.95 bits per heavy atom. The summed E-state index contributed by atoms with van der Waals surface area (Å²) in [6.45, 7) is 0.623. The molecule has 1 atom stereocenters. The van der Waals surface area contributed by atoms with Crippen LogP contribution in [0.4, 0.5) is 0 Å². The molecule has 0 amide bonds. The second-order valence-electron chi connectivity index (χ2n) is 4.65. The summed E-state index contributed by atoms with van der Waals surface area (Å²) in [6, 6.07) is 14.8. The molecule has 0 saturated carbocycles. The fraction of sp³-hybridized carbons (Fsp3) is 0.250. The Morgan fingerprint density at radius 3 is 2.74 bits per heavy atom. The molecule has 0 spiro atoms. The molecular weight excluding hydrogens is 254 g/mol. The van der Waals surface area contributed by atoms with Crippen molar-refractivity contribution in [2.75, 3.05) is 13.7 Å². The zero-order valence-electron chi connectivity index (χ0n) is 10.9. The Hall–Kier alpha value is -1.45. The van der Waals surface area contributed by atoms with E-state index in [9.17, 15) is 0 Å². The summed E-state index contributed by atoms with van der Waals surface area (Å²) in [5, 5.41) is 0. The highest BCUT2D eigenvalue weighted by atomic mass is 32.2. The molecule has 2 aromatic rings. The molecule has 0 fully saturated rings. The minimum Gasteiger partial charge on any atom is -0.496 e. The summed E-state index contributed by atoms with van der Waals surface area (Å²) in [4.78, 5) is 1.23. The van der Waals surface area contributed by atoms with Gasteiger partial charge in [0.25, 0.3) is 0 Å². The number of nitrogens with two attached hydrogens (primary N) is 1. The fourth-order valence-corrected chi connectivity index (χ4v) is 3.93. The molecule has 0 aliphatic carbocycles. The summed E-state index contributed by atoms with van der Waals surface area (Å²) in [6.07, 6.45) is 0. The maximum atomic E-state index is 6.04. The monoisotopic (exact) mass is 271 g/mol. The molecule has 3 heteroatoms. The van der Waals surface area contributed by atoms with E-state index in [4.69, 9.17) is 10.5 Å². The van der Waals surface area contributed by atoms with Crippen LogP contribution >= 0.6 is 11.8 Å². The van der Waals surface area contributed by atoms with Gasteiger partial charge in [-0.25, -0.2) is 0 Å². The van der Waals surface area contributed by atoms with Gasteiger partial charge in [-0.15, -0.1) is 11.8 Å². The van der Waals surface area contributed by atoms with Crippen molar-refractivity contribution in [3.05, 3.63) is 59.2 Å². The van der Waals surface area contributed by atoms with E-state index in [2.05, 4.69) is 36.4 Å². The molecule has 1 heterocycles. The Balaban J connectivity index is 2.19. The number of rotatable bonds is 2. The van der Waals surface area contributed by atoms with Crippen molar-refractivity contribution >= 4 is 11.8 Å². The van der Waals surface area contributed by atoms with E-state index in [1.165, 1.54) is 21.6 Å². The van der Waals surface area contributed by atoms with E-state index in [-0.39, 0.29) is 5.92 Å². The summed E-state index contributed by atoms with van der Waals surface area (Å²) >= 11 is 1.84. The SMILES string of the molecule is COc1cccc2c1SCc1ccccc1C2CN. The van der Waals surface area contributed by atoms with Crippen molar-refractivity contribution in [3.8, 4) is 5.75 Å². The van der Waals surface area contributed by atoms with Crippen LogP contribution in [0.15, 0.2) is 47.4 Å². The van der Waals surface area contributed by atoms with Gasteiger partial charge < -0.3 is 10.5 Å². The van der Waals surface area contributed by atoms with Crippen LogP contribution in [0.1, 0.15) is 22.6 Å². The lowest BCUT2D eigenvalue weighted by Crippen LogP contribution is -2.15. The summed E-state index contributed by atoms with van der Waals surface area (Å²) in [7, 11) is 1.73. The average molecular weight is 271 g/mol. The molecule has 2 nitrogen and oxygen atoms in total. The topological polar surface area (TPSA) is 35.2 Å². The average Bonchev–Trinajstić information content (AvgIpc) is 2.63. The number of thioether (sulfide) groups is 1. The van der Waals surface area contributed by atoms with Crippen molar-refractivity contribution < 1.29 is 4.74 Å². The van der Waals surface area contributed by atoms with Crippen molar-refractivity contribution in [3.63, 3.8) is 0 Å². The van der Waals surface area contributed by atoms with Crippen LogP contribution in [-0.2, 0) is 5.75 Å². The predicted octanol–water partition coefficient (Wildman–Crippen LogP) is 3.39. The van der Waals surface area contributed by atoms with Crippen LogP contribution in [0.25, 0.3) is 0 Å². The molecule has 0 radical (unpaired) electrons. The minimum atomic E-state index is 0.260. The van der Waals surface area contributed by atoms with E-state index >= 15 is 0 Å². The highest BCUT2D eigenvalue weighted by Gasteiger charge is 2.24. The predicted molar refractivity (Wildman–Crippen MR) is 79.9 cm³/mol. The molecule has 1 unspecified atom stereocenters. The molecule has 1 aliphatic rings. The Bertz CT molecular complexity index is 597. The Morgan fingerprint density at radius 1 is 1.16 bits per heavy atom. The van der Waals surface area contributed by atoms with Crippen molar-refractivity contribution in [2.24, 2.45) is 5.73 Å². The van der Waals surface area contributed by atoms with E-state index in [1.807, 2.05) is 17.8 Å². The maximum absolute atomic E-state index is 6.04. The second kappa shape index (κ2) is 5.27. The van der Waals surface area contributed by atoms with Gasteiger partial charge in [0.05, 0.1) is 12.0 Å². The van der Waals surface area contributed by atoms with E-state index in [0.717, 1.165) is 11.5 Å². The van der Waals surface area contributed by atoms with Crippen molar-refractivity contribution in [2.45, 2.75) is 16.6 Å². The molecule has 0 aromatic heterocycles. The third-order valence-electron chi connectivity index (χ3n) is 3.64. The van der Waals surface area contributed by atoms with Gasteiger partial charge in [-0.1, -0.05) is 36.4 Å². The lowest BCUT2D eigenvalue weighted by molar-refractivity contribution is 0.403. The Kier molecular flexibility index (Phi) is 3.49. The molecule has 1 aliphatic heterocycles. The molecule has 19 heavy (non-hydrogen) atoms. The number of hydrogen-bond donors (Lipinski definition) is 1. The van der Waals surface area contributed by atoms with Crippen LogP contribution in [-0.4, -0.2) is 13.7 Å². The van der Waals surface area contributed by atoms with Gasteiger partial charge in [-0.2, -0.15) is 0 Å². The first kappa shape index (κ1) is 12.6. The van der Waals surface area contributed by atoms with Crippen LogP contribution in [0.2, 0.25) is 0 Å². The van der Waals surface area contributed by atoms with Crippen LogP contribution in [0, 0.1) is 0 Å². The zero-order chi connectivity index (χ0) is 13.2. The molecule has 0 bridgehead atoms. The second-order valence-corrected chi connectivity index (χ2v) is 5.64. The smallest absolute Gasteiger partial charge is 0.132 e. The number of benzene rings is 2. The van der Waals surface area contributed by atoms with Gasteiger partial charge in [-0.3, -0.25) is 0 Å². The van der Waals surface area contributed by atoms with Gasteiger partial charge in [0.2, 0.25) is 0 Å². The lowest BCUT2D eigenvalue weighted by Gasteiger charge is -2.19. The lowest BCUT2D eigenvalue weighted by atomic mass is 9.88. The molecular formula is C16H17NOS. The first-order valence-electron chi connectivity index (χ1n) is 6.42. The van der Waals surface area contributed by atoms with E-state index in [0.29, 0.717) is 6.54 Å². The molecule has 3 rings (SSSR count). The number of methoxy groups -OCH3 is 1. The first-order valence-corrected chi connectivity index (χ1v) is 7.41. The van der Waals surface area contributed by atoms with Gasteiger partial charge in [-0.05, 0) is 22.8 Å². The third-order valence-corrected chi connectivity index (χ3v) is 4.82. The third kappa shape index (κ3) is 2.13. The minimum absolute atomic E-state index is 0.260. The van der Waals surface area contributed by atoms with Crippen LogP contribution in [0.3, 0.4) is 0 Å². The standard InChI is InChI=1S/C16H17NOS/c1-18-15-8-4-7-13-14(9-17)12-6-3-2-5-11(12)10-19-16(13)15/h2-8,14H,9-10,17H2,1H3. The first-order chi connectivity index (χ1) is 9.35. The largest absolute Gasteiger partial charge is 0.496 e. The van der Waals surface area contributed by atoms with E-state index in [1.54, 1.807) is 7.11 Å². The molecule has 2 aromatic carbocycles. The summed E-state index contributed by atoms with van der Waals surface area (Å²) < 4.78 is 5.50. The van der Waals surface area contributed by atoms with Crippen molar-refractivity contribution in [1.29, 1.82) is 0 Å². The normalized spacial score (nSPS) is 17.3. The summed E-state index contributed by atoms with van der Waals surface area (Å²) in [5.41, 5.74) is 10.1. The number of ether oxygens (including phenoxy) is 1. The molecule has 0 saturated heterocycles. The zero-order valence-corrected chi connectivity index (χ0v) is 11.7. The van der Waals surface area contributed by atoms with Gasteiger partial charge >= 0.3 is 0 Å². The number of fused-ring (bicyclic) bond motifs is 2. The van der Waals surface area contributed by atoms with Gasteiger partial charge in [0, 0.05) is 18.2 Å². The number of hydrogen-bond acceptors (Lipinski definition) is 3. The molecule has 98 valence electrons. The van der Waals surface area contributed by atoms with Gasteiger partial charge in [0.1, 0.15) is 5.75 Å². The van der Waals surface area contributed by atoms with Crippen LogP contribution < -0.4 is 10.5 Å². The van der Waals surface area contributed by atoms with Crippen LogP contribution in [0.5, 0.6) is 5.75 Å². The van der Waals surface area contributed by atoms with Gasteiger partial charge in [0.15, 0.2) is 0 Å². The quantitative estimate of drug-likeness (QED) is 0.909. The maximum Gasteiger partial charge on any atom is 0.132 e. The molecule has 2 N–H and O–H groups in total. The highest BCUT2D eigenvalue weighted by molar-refractivity contribution is 7.98. The fourth-order valence-electron chi connectivity index (χ4n) is 2.70. The summed E-state index contributed by atoms with van der Waals surface area (Å²) in [5.74, 6) is 2.19. The highest BCUT2D eigenvalue weighted by Crippen LogP contribution is 2.44. The Labute approximate surface area is 118 Å².